The highest BCUT2D eigenvalue weighted by Gasteiger charge is 2.38. The van der Waals surface area contributed by atoms with Crippen molar-refractivity contribution in [2.24, 2.45) is 0 Å². The third-order valence-corrected chi connectivity index (χ3v) is 4.08. The van der Waals surface area contributed by atoms with E-state index in [4.69, 9.17) is 31.0 Å². The van der Waals surface area contributed by atoms with Gasteiger partial charge in [-0.3, -0.25) is 4.79 Å². The normalized spacial score (nSPS) is 16.8. The number of carboxylic acids is 1. The molecule has 1 saturated heterocycles. The highest BCUT2D eigenvalue weighted by molar-refractivity contribution is 6.32. The Morgan fingerprint density at radius 3 is 2.41 bits per heavy atom. The molecule has 1 fully saturated rings. The summed E-state index contributed by atoms with van der Waals surface area (Å²) >= 11 is 6.15. The molecule has 1 aliphatic rings. The second-order valence-corrected chi connectivity index (χ2v) is 6.42. The number of nitrogens with one attached hydrogen (secondary N) is 1. The van der Waals surface area contributed by atoms with Crippen molar-refractivity contribution < 1.29 is 37.3 Å². The van der Waals surface area contributed by atoms with E-state index in [1.165, 1.54) is 7.11 Å². The zero-order chi connectivity index (χ0) is 22.2. The number of aliphatic carboxylic acids is 1. The molecular weight excluding hydrogens is 417 g/mol. The fourth-order valence-corrected chi connectivity index (χ4v) is 2.74. The fourth-order valence-electron chi connectivity index (χ4n) is 2.44. The van der Waals surface area contributed by atoms with Gasteiger partial charge in [-0.15, -0.1) is 0 Å². The van der Waals surface area contributed by atoms with Crippen LogP contribution in [-0.4, -0.2) is 68.0 Å². The van der Waals surface area contributed by atoms with Gasteiger partial charge in [-0.2, -0.15) is 13.2 Å². The molecule has 0 radical (unpaired) electrons. The lowest BCUT2D eigenvalue weighted by Gasteiger charge is -2.31. The molecule has 0 bridgehead atoms. The van der Waals surface area contributed by atoms with Gasteiger partial charge in [0.25, 0.3) is 0 Å². The Hall–Kier alpha value is -2.46. The lowest BCUT2D eigenvalue weighted by atomic mass is 10.1. The Labute approximate surface area is 171 Å². The number of hydrogen-bond acceptors (Lipinski definition) is 5. The van der Waals surface area contributed by atoms with Gasteiger partial charge in [-0.05, 0) is 30.7 Å². The summed E-state index contributed by atoms with van der Waals surface area (Å²) in [5, 5.41) is 10.9. The number of halogens is 4. The van der Waals surface area contributed by atoms with E-state index in [2.05, 4.69) is 12.2 Å². The molecule has 162 valence electrons. The summed E-state index contributed by atoms with van der Waals surface area (Å²) in [4.78, 5) is 22.9. The van der Waals surface area contributed by atoms with E-state index in [1.807, 2.05) is 4.90 Å². The SMILES string of the molecule is COc1cc(C=CC(=O)N2CCNC(C)C2)cc(Cl)c1OC.O=C(O)C(F)(F)F. The van der Waals surface area contributed by atoms with Crippen molar-refractivity contribution in [1.82, 2.24) is 10.2 Å². The number of carbonyl (C=O) groups excluding carboxylic acids is 1. The molecule has 0 aliphatic carbocycles. The minimum Gasteiger partial charge on any atom is -0.493 e. The average molecular weight is 439 g/mol. The number of amides is 1. The lowest BCUT2D eigenvalue weighted by Crippen LogP contribution is -2.50. The maximum absolute atomic E-state index is 12.2. The van der Waals surface area contributed by atoms with Crippen LogP contribution in [0.15, 0.2) is 18.2 Å². The third-order valence-electron chi connectivity index (χ3n) is 3.80. The van der Waals surface area contributed by atoms with Crippen LogP contribution in [0, 0.1) is 0 Å². The number of alkyl halides is 3. The van der Waals surface area contributed by atoms with Crippen LogP contribution in [0.1, 0.15) is 12.5 Å². The molecule has 1 amide bonds. The van der Waals surface area contributed by atoms with E-state index in [1.54, 1.807) is 31.4 Å². The van der Waals surface area contributed by atoms with Crippen LogP contribution in [0.2, 0.25) is 5.02 Å². The zero-order valence-corrected chi connectivity index (χ0v) is 16.8. The number of nitrogens with zero attached hydrogens (tertiary/aromatic N) is 1. The number of hydrogen-bond donors (Lipinski definition) is 2. The zero-order valence-electron chi connectivity index (χ0n) is 16.0. The fraction of sp³-hybridized carbons (Fsp3) is 0.444. The first-order chi connectivity index (χ1) is 13.5. The summed E-state index contributed by atoms with van der Waals surface area (Å²) in [5.41, 5.74) is 0.791. The molecule has 1 aromatic carbocycles. The van der Waals surface area contributed by atoms with E-state index in [-0.39, 0.29) is 5.91 Å². The standard InChI is InChI=1S/C16H21ClN2O3.C2HF3O2/c1-11-10-19(7-6-18-11)15(20)5-4-12-8-13(17)16(22-3)14(9-12)21-2;3-2(4,5)1(6)7/h4-5,8-9,11,18H,6-7,10H2,1-3H3;(H,6,7). The quantitative estimate of drug-likeness (QED) is 0.703. The summed E-state index contributed by atoms with van der Waals surface area (Å²) in [7, 11) is 3.09. The first kappa shape index (κ1) is 24.6. The summed E-state index contributed by atoms with van der Waals surface area (Å²) in [6.07, 6.45) is -1.78. The molecule has 1 aliphatic heterocycles. The molecule has 1 aromatic rings. The monoisotopic (exact) mass is 438 g/mol. The molecule has 29 heavy (non-hydrogen) atoms. The van der Waals surface area contributed by atoms with Crippen LogP contribution in [0.3, 0.4) is 0 Å². The van der Waals surface area contributed by atoms with Crippen LogP contribution in [0.4, 0.5) is 13.2 Å². The molecule has 11 heteroatoms. The molecule has 1 atom stereocenters. The average Bonchev–Trinajstić information content (AvgIpc) is 2.65. The van der Waals surface area contributed by atoms with Crippen molar-refractivity contribution in [3.63, 3.8) is 0 Å². The van der Waals surface area contributed by atoms with E-state index in [0.717, 1.165) is 25.2 Å². The number of piperazine rings is 1. The predicted molar refractivity (Wildman–Crippen MR) is 101 cm³/mol. The Bertz CT molecular complexity index is 756. The molecule has 0 spiro atoms. The van der Waals surface area contributed by atoms with Crippen LogP contribution < -0.4 is 14.8 Å². The summed E-state index contributed by atoms with van der Waals surface area (Å²) < 4.78 is 42.2. The highest BCUT2D eigenvalue weighted by atomic mass is 35.5. The Balaban J connectivity index is 0.000000516. The summed E-state index contributed by atoms with van der Waals surface area (Å²) in [5.74, 6) is -1.73. The molecule has 2 rings (SSSR count). The van der Waals surface area contributed by atoms with E-state index >= 15 is 0 Å². The van der Waals surface area contributed by atoms with Gasteiger partial charge in [0.1, 0.15) is 0 Å². The van der Waals surface area contributed by atoms with Gasteiger partial charge in [0.05, 0.1) is 19.2 Å². The second-order valence-electron chi connectivity index (χ2n) is 6.01. The third kappa shape index (κ3) is 7.82. The minimum atomic E-state index is -5.08. The van der Waals surface area contributed by atoms with Crippen molar-refractivity contribution in [3.8, 4) is 11.5 Å². The molecule has 1 heterocycles. The van der Waals surface area contributed by atoms with Crippen molar-refractivity contribution in [2.75, 3.05) is 33.9 Å². The van der Waals surface area contributed by atoms with Gasteiger partial charge in [-0.1, -0.05) is 11.6 Å². The topological polar surface area (TPSA) is 88.1 Å². The maximum atomic E-state index is 12.2. The van der Waals surface area contributed by atoms with Crippen molar-refractivity contribution in [3.05, 3.63) is 28.8 Å². The van der Waals surface area contributed by atoms with E-state index in [0.29, 0.717) is 22.6 Å². The van der Waals surface area contributed by atoms with Crippen molar-refractivity contribution in [1.29, 1.82) is 0 Å². The van der Waals surface area contributed by atoms with E-state index in [9.17, 15) is 18.0 Å². The highest BCUT2D eigenvalue weighted by Crippen LogP contribution is 2.36. The summed E-state index contributed by atoms with van der Waals surface area (Å²) in [6, 6.07) is 3.85. The van der Waals surface area contributed by atoms with Gasteiger partial charge in [0.2, 0.25) is 5.91 Å². The Kier molecular flexibility index (Phi) is 9.25. The lowest BCUT2D eigenvalue weighted by molar-refractivity contribution is -0.192. The first-order valence-corrected chi connectivity index (χ1v) is 8.79. The van der Waals surface area contributed by atoms with Crippen LogP contribution in [0.5, 0.6) is 11.5 Å². The van der Waals surface area contributed by atoms with Crippen LogP contribution >= 0.6 is 11.6 Å². The van der Waals surface area contributed by atoms with Crippen molar-refractivity contribution >= 4 is 29.6 Å². The first-order valence-electron chi connectivity index (χ1n) is 8.41. The molecule has 0 aromatic heterocycles. The minimum absolute atomic E-state index is 0.000688. The van der Waals surface area contributed by atoms with Gasteiger partial charge in [0, 0.05) is 31.8 Å². The number of carbonyl (C=O) groups is 2. The number of methoxy groups -OCH3 is 2. The molecule has 0 saturated carbocycles. The maximum Gasteiger partial charge on any atom is 0.490 e. The largest absolute Gasteiger partial charge is 0.493 e. The van der Waals surface area contributed by atoms with E-state index < -0.39 is 12.1 Å². The number of carboxylic acid groups (broad SMARTS) is 1. The van der Waals surface area contributed by atoms with Crippen LogP contribution in [0.25, 0.3) is 6.08 Å². The van der Waals surface area contributed by atoms with Gasteiger partial charge in [-0.25, -0.2) is 4.79 Å². The second kappa shape index (κ2) is 10.9. The summed E-state index contributed by atoms with van der Waals surface area (Å²) in [6.45, 7) is 4.33. The molecular formula is C18H22ClF3N2O5. The number of benzene rings is 1. The number of rotatable bonds is 4. The Morgan fingerprint density at radius 2 is 1.93 bits per heavy atom. The van der Waals surface area contributed by atoms with Crippen LogP contribution in [-0.2, 0) is 9.59 Å². The smallest absolute Gasteiger partial charge is 0.490 e. The predicted octanol–water partition coefficient (Wildman–Crippen LogP) is 2.82. The molecule has 2 N–H and O–H groups in total. The number of ether oxygens (including phenoxy) is 2. The Morgan fingerprint density at radius 1 is 1.31 bits per heavy atom. The molecule has 7 nitrogen and oxygen atoms in total. The van der Waals surface area contributed by atoms with Gasteiger partial charge < -0.3 is 24.8 Å². The van der Waals surface area contributed by atoms with Crippen molar-refractivity contribution in [2.45, 2.75) is 19.1 Å². The van der Waals surface area contributed by atoms with Gasteiger partial charge >= 0.3 is 12.1 Å². The van der Waals surface area contributed by atoms with Gasteiger partial charge in [0.15, 0.2) is 11.5 Å². The molecule has 1 unspecified atom stereocenters.